The van der Waals surface area contributed by atoms with Crippen molar-refractivity contribution in [1.29, 1.82) is 0 Å². The lowest BCUT2D eigenvalue weighted by Gasteiger charge is -2.11. The molecule has 5 heteroatoms. The Labute approximate surface area is 110 Å². The Morgan fingerprint density at radius 1 is 1.21 bits per heavy atom. The summed E-state index contributed by atoms with van der Waals surface area (Å²) in [6, 6.07) is 7.66. The van der Waals surface area contributed by atoms with Crippen molar-refractivity contribution >= 4 is 0 Å². The summed E-state index contributed by atoms with van der Waals surface area (Å²) in [5.74, 6) is 0. The average Bonchev–Trinajstić information content (AvgIpc) is 2.68. The fourth-order valence-corrected chi connectivity index (χ4v) is 2.03. The molecule has 1 N–H and O–H groups in total. The summed E-state index contributed by atoms with van der Waals surface area (Å²) in [5, 5.41) is 14.3. The summed E-state index contributed by atoms with van der Waals surface area (Å²) < 4.78 is 26.6. The number of aliphatic hydroxyl groups is 1. The lowest BCUT2D eigenvalue weighted by atomic mass is 10.0. The van der Waals surface area contributed by atoms with Crippen molar-refractivity contribution in [3.8, 4) is 0 Å². The van der Waals surface area contributed by atoms with E-state index in [0.717, 1.165) is 11.4 Å². The smallest absolute Gasteiger partial charge is 0.263 e. The van der Waals surface area contributed by atoms with Crippen LogP contribution in [0.2, 0.25) is 0 Å². The minimum absolute atomic E-state index is 0.0349. The van der Waals surface area contributed by atoms with Crippen LogP contribution >= 0.6 is 0 Å². The quantitative estimate of drug-likeness (QED) is 0.924. The SMILES string of the molecule is Cc1cc(CC(O)c2ccc(C(F)F)cc2)n(C)n1. The van der Waals surface area contributed by atoms with Gasteiger partial charge in [-0.25, -0.2) is 8.78 Å². The predicted octanol–water partition coefficient (Wildman–Crippen LogP) is 2.94. The van der Waals surface area contributed by atoms with E-state index in [2.05, 4.69) is 5.10 Å². The zero-order chi connectivity index (χ0) is 14.0. The number of rotatable bonds is 4. The van der Waals surface area contributed by atoms with E-state index in [9.17, 15) is 13.9 Å². The van der Waals surface area contributed by atoms with Gasteiger partial charge in [0.15, 0.2) is 0 Å². The third-order valence-electron chi connectivity index (χ3n) is 3.07. The second-order valence-corrected chi connectivity index (χ2v) is 4.59. The highest BCUT2D eigenvalue weighted by atomic mass is 19.3. The standard InChI is InChI=1S/C14H16F2N2O/c1-9-7-12(18(2)17-9)8-13(19)10-3-5-11(6-4-10)14(15)16/h3-7,13-14,19H,8H2,1-2H3. The van der Waals surface area contributed by atoms with Crippen LogP contribution in [0.4, 0.5) is 8.78 Å². The van der Waals surface area contributed by atoms with Crippen molar-refractivity contribution in [1.82, 2.24) is 9.78 Å². The molecule has 2 aromatic rings. The van der Waals surface area contributed by atoms with Crippen molar-refractivity contribution in [2.75, 3.05) is 0 Å². The van der Waals surface area contributed by atoms with Crippen molar-refractivity contribution in [2.24, 2.45) is 7.05 Å². The van der Waals surface area contributed by atoms with E-state index >= 15 is 0 Å². The number of alkyl halides is 2. The molecule has 0 aliphatic heterocycles. The second kappa shape index (κ2) is 5.48. The minimum atomic E-state index is -2.48. The van der Waals surface area contributed by atoms with Crippen LogP contribution < -0.4 is 0 Å². The summed E-state index contributed by atoms with van der Waals surface area (Å²) >= 11 is 0. The van der Waals surface area contributed by atoms with Crippen LogP contribution in [0.3, 0.4) is 0 Å². The summed E-state index contributed by atoms with van der Waals surface area (Å²) in [6.07, 6.45) is -2.79. The molecule has 0 saturated heterocycles. The molecule has 0 aliphatic carbocycles. The van der Waals surface area contributed by atoms with Crippen LogP contribution in [0.15, 0.2) is 30.3 Å². The van der Waals surface area contributed by atoms with Gasteiger partial charge in [-0.15, -0.1) is 0 Å². The molecule has 102 valence electrons. The Balaban J connectivity index is 2.11. The van der Waals surface area contributed by atoms with Crippen molar-refractivity contribution in [3.05, 3.63) is 52.8 Å². The fourth-order valence-electron chi connectivity index (χ4n) is 2.03. The number of benzene rings is 1. The molecular formula is C14H16F2N2O. The van der Waals surface area contributed by atoms with Gasteiger partial charge in [0.25, 0.3) is 6.43 Å². The minimum Gasteiger partial charge on any atom is -0.388 e. The summed E-state index contributed by atoms with van der Waals surface area (Å²) in [4.78, 5) is 0. The Kier molecular flexibility index (Phi) is 3.95. The fraction of sp³-hybridized carbons (Fsp3) is 0.357. The van der Waals surface area contributed by atoms with Crippen LogP contribution in [0.25, 0.3) is 0 Å². The molecular weight excluding hydrogens is 250 g/mol. The van der Waals surface area contributed by atoms with Crippen LogP contribution in [0.1, 0.15) is 35.0 Å². The van der Waals surface area contributed by atoms with E-state index in [-0.39, 0.29) is 5.56 Å². The monoisotopic (exact) mass is 266 g/mol. The number of aromatic nitrogens is 2. The molecule has 1 unspecified atom stereocenters. The molecule has 0 spiro atoms. The van der Waals surface area contributed by atoms with Gasteiger partial charge in [0.2, 0.25) is 0 Å². The van der Waals surface area contributed by atoms with E-state index < -0.39 is 12.5 Å². The number of halogens is 2. The molecule has 2 rings (SSSR count). The van der Waals surface area contributed by atoms with Crippen LogP contribution in [-0.2, 0) is 13.5 Å². The summed E-state index contributed by atoms with van der Waals surface area (Å²) in [6.45, 7) is 1.88. The van der Waals surface area contributed by atoms with E-state index in [1.54, 1.807) is 4.68 Å². The molecule has 3 nitrogen and oxygen atoms in total. The van der Waals surface area contributed by atoms with E-state index in [1.807, 2.05) is 20.0 Å². The van der Waals surface area contributed by atoms with Gasteiger partial charge in [0.1, 0.15) is 0 Å². The van der Waals surface area contributed by atoms with Crippen molar-refractivity contribution in [3.63, 3.8) is 0 Å². The van der Waals surface area contributed by atoms with E-state index in [4.69, 9.17) is 0 Å². The zero-order valence-electron chi connectivity index (χ0n) is 10.8. The van der Waals surface area contributed by atoms with Crippen LogP contribution in [-0.4, -0.2) is 14.9 Å². The first kappa shape index (κ1) is 13.7. The second-order valence-electron chi connectivity index (χ2n) is 4.59. The number of aliphatic hydroxyl groups excluding tert-OH is 1. The molecule has 0 fully saturated rings. The zero-order valence-corrected chi connectivity index (χ0v) is 10.8. The van der Waals surface area contributed by atoms with Gasteiger partial charge in [0, 0.05) is 24.7 Å². The van der Waals surface area contributed by atoms with Crippen LogP contribution in [0, 0.1) is 6.92 Å². The number of hydrogen-bond acceptors (Lipinski definition) is 2. The molecule has 1 heterocycles. The first-order chi connectivity index (χ1) is 8.97. The van der Waals surface area contributed by atoms with Gasteiger partial charge in [-0.1, -0.05) is 24.3 Å². The third-order valence-corrected chi connectivity index (χ3v) is 3.07. The molecule has 1 aromatic carbocycles. The highest BCUT2D eigenvalue weighted by Crippen LogP contribution is 2.23. The van der Waals surface area contributed by atoms with Crippen molar-refractivity contribution < 1.29 is 13.9 Å². The number of aryl methyl sites for hydroxylation is 2. The summed E-state index contributed by atoms with van der Waals surface area (Å²) in [7, 11) is 1.81. The van der Waals surface area contributed by atoms with Crippen molar-refractivity contribution in [2.45, 2.75) is 25.9 Å². The van der Waals surface area contributed by atoms with Gasteiger partial charge in [0.05, 0.1) is 11.8 Å². The normalized spacial score (nSPS) is 12.9. The third kappa shape index (κ3) is 3.17. The highest BCUT2D eigenvalue weighted by molar-refractivity contribution is 5.26. The van der Waals surface area contributed by atoms with Gasteiger partial charge >= 0.3 is 0 Å². The van der Waals surface area contributed by atoms with Gasteiger partial charge in [-0.3, -0.25) is 4.68 Å². The van der Waals surface area contributed by atoms with E-state index in [1.165, 1.54) is 24.3 Å². The molecule has 0 bridgehead atoms. The molecule has 19 heavy (non-hydrogen) atoms. The van der Waals surface area contributed by atoms with Gasteiger partial charge in [-0.2, -0.15) is 5.10 Å². The van der Waals surface area contributed by atoms with Crippen LogP contribution in [0.5, 0.6) is 0 Å². The highest BCUT2D eigenvalue weighted by Gasteiger charge is 2.13. The maximum Gasteiger partial charge on any atom is 0.263 e. The Hall–Kier alpha value is -1.75. The molecule has 1 aromatic heterocycles. The molecule has 1 atom stereocenters. The lowest BCUT2D eigenvalue weighted by molar-refractivity contribution is 0.150. The lowest BCUT2D eigenvalue weighted by Crippen LogP contribution is -2.06. The maximum atomic E-state index is 12.4. The summed E-state index contributed by atoms with van der Waals surface area (Å²) in [5.41, 5.74) is 2.39. The molecule has 0 aliphatic rings. The Morgan fingerprint density at radius 3 is 2.26 bits per heavy atom. The average molecular weight is 266 g/mol. The Bertz CT molecular complexity index is 549. The first-order valence-electron chi connectivity index (χ1n) is 6.03. The maximum absolute atomic E-state index is 12.4. The van der Waals surface area contributed by atoms with Gasteiger partial charge < -0.3 is 5.11 Å². The first-order valence-corrected chi connectivity index (χ1v) is 6.03. The Morgan fingerprint density at radius 2 is 1.79 bits per heavy atom. The number of hydrogen-bond donors (Lipinski definition) is 1. The van der Waals surface area contributed by atoms with Gasteiger partial charge in [-0.05, 0) is 18.6 Å². The molecule has 0 radical (unpaired) electrons. The topological polar surface area (TPSA) is 38.0 Å². The predicted molar refractivity (Wildman–Crippen MR) is 68.0 cm³/mol. The largest absolute Gasteiger partial charge is 0.388 e. The number of nitrogens with zero attached hydrogens (tertiary/aromatic N) is 2. The van der Waals surface area contributed by atoms with E-state index in [0.29, 0.717) is 12.0 Å². The molecule has 0 saturated carbocycles. The molecule has 0 amide bonds.